The lowest BCUT2D eigenvalue weighted by atomic mass is 9.97. The van der Waals surface area contributed by atoms with E-state index in [0.717, 1.165) is 12.8 Å². The third-order valence-electron chi connectivity index (χ3n) is 3.54. The van der Waals surface area contributed by atoms with E-state index in [9.17, 15) is 4.79 Å². The average molecular weight is 291 g/mol. The third-order valence-corrected chi connectivity index (χ3v) is 3.54. The predicted molar refractivity (Wildman–Crippen MR) is 83.0 cm³/mol. The van der Waals surface area contributed by atoms with Gasteiger partial charge in [-0.1, -0.05) is 27.2 Å². The second-order valence-electron chi connectivity index (χ2n) is 6.57. The number of rotatable bonds is 4. The summed E-state index contributed by atoms with van der Waals surface area (Å²) in [5.74, 6) is 1.29. The van der Waals surface area contributed by atoms with Crippen LogP contribution in [0.2, 0.25) is 0 Å². The molecule has 116 valence electrons. The summed E-state index contributed by atoms with van der Waals surface area (Å²) >= 11 is 0. The number of carbonyl (C=O) groups excluding carboxylic acids is 1. The molecule has 0 spiro atoms. The van der Waals surface area contributed by atoms with E-state index in [0.29, 0.717) is 30.3 Å². The van der Waals surface area contributed by atoms with Crippen molar-refractivity contribution in [1.82, 2.24) is 5.32 Å². The Labute approximate surface area is 126 Å². The molecule has 1 amide bonds. The first-order chi connectivity index (χ1) is 9.91. The fourth-order valence-corrected chi connectivity index (χ4v) is 2.28. The van der Waals surface area contributed by atoms with Gasteiger partial charge >= 0.3 is 0 Å². The molecule has 4 nitrogen and oxygen atoms in total. The van der Waals surface area contributed by atoms with E-state index in [1.54, 1.807) is 12.1 Å². The van der Waals surface area contributed by atoms with Crippen LogP contribution in [0.1, 0.15) is 50.9 Å². The minimum Gasteiger partial charge on any atom is -0.489 e. The molecule has 0 unspecified atom stereocenters. The molecule has 0 aliphatic carbocycles. The molecule has 1 atom stereocenters. The lowest BCUT2D eigenvalue weighted by Gasteiger charge is -2.19. The molecular formula is C17H25NO3. The lowest BCUT2D eigenvalue weighted by Crippen LogP contribution is -2.32. The number of nitrogens with one attached hydrogen (secondary N) is 1. The van der Waals surface area contributed by atoms with Gasteiger partial charge in [0.15, 0.2) is 11.5 Å². The van der Waals surface area contributed by atoms with Gasteiger partial charge in [0.2, 0.25) is 0 Å². The Kier molecular flexibility index (Phi) is 4.76. The number of fused-ring (bicyclic) bond motifs is 1. The Morgan fingerprint density at radius 3 is 2.62 bits per heavy atom. The summed E-state index contributed by atoms with van der Waals surface area (Å²) in [4.78, 5) is 12.2. The second kappa shape index (κ2) is 6.37. The van der Waals surface area contributed by atoms with E-state index >= 15 is 0 Å². The zero-order chi connectivity index (χ0) is 15.5. The van der Waals surface area contributed by atoms with E-state index < -0.39 is 0 Å². The maximum absolute atomic E-state index is 12.2. The van der Waals surface area contributed by atoms with Gasteiger partial charge in [-0.3, -0.25) is 4.79 Å². The molecular weight excluding hydrogens is 266 g/mol. The summed E-state index contributed by atoms with van der Waals surface area (Å²) < 4.78 is 11.6. The quantitative estimate of drug-likeness (QED) is 0.925. The lowest BCUT2D eigenvalue weighted by molar-refractivity contribution is 0.0937. The van der Waals surface area contributed by atoms with Gasteiger partial charge in [-0.05, 0) is 31.5 Å². The van der Waals surface area contributed by atoms with Crippen molar-refractivity contribution in [3.05, 3.63) is 23.8 Å². The van der Waals surface area contributed by atoms with Crippen LogP contribution in [-0.4, -0.2) is 25.2 Å². The molecule has 1 aromatic rings. The maximum atomic E-state index is 12.2. The number of hydrogen-bond acceptors (Lipinski definition) is 3. The molecule has 1 aromatic carbocycles. The zero-order valence-corrected chi connectivity index (χ0v) is 13.4. The third kappa shape index (κ3) is 4.13. The Bertz CT molecular complexity index is 511. The van der Waals surface area contributed by atoms with Gasteiger partial charge < -0.3 is 14.8 Å². The Morgan fingerprint density at radius 2 is 1.95 bits per heavy atom. The van der Waals surface area contributed by atoms with Crippen molar-refractivity contribution in [3.8, 4) is 11.5 Å². The molecule has 0 saturated heterocycles. The summed E-state index contributed by atoms with van der Waals surface area (Å²) in [6, 6.07) is 5.55. The number of amides is 1. The van der Waals surface area contributed by atoms with Gasteiger partial charge in [-0.15, -0.1) is 0 Å². The first kappa shape index (κ1) is 15.7. The number of ether oxygens (including phenoxy) is 2. The van der Waals surface area contributed by atoms with Crippen LogP contribution in [0.4, 0.5) is 0 Å². The SMILES string of the molecule is CCC[C@H](C)NC(=O)c1ccc2c(c1)OCC(C)(C)CO2. The van der Waals surface area contributed by atoms with Crippen LogP contribution in [0.5, 0.6) is 11.5 Å². The van der Waals surface area contributed by atoms with E-state index in [4.69, 9.17) is 9.47 Å². The van der Waals surface area contributed by atoms with E-state index in [1.807, 2.05) is 13.0 Å². The molecule has 0 aromatic heterocycles. The largest absolute Gasteiger partial charge is 0.489 e. The molecule has 0 radical (unpaired) electrons. The topological polar surface area (TPSA) is 47.6 Å². The average Bonchev–Trinajstić information content (AvgIpc) is 2.58. The molecule has 21 heavy (non-hydrogen) atoms. The fraction of sp³-hybridized carbons (Fsp3) is 0.588. The fourth-order valence-electron chi connectivity index (χ4n) is 2.28. The highest BCUT2D eigenvalue weighted by atomic mass is 16.5. The zero-order valence-electron chi connectivity index (χ0n) is 13.4. The van der Waals surface area contributed by atoms with Gasteiger partial charge in [-0.25, -0.2) is 0 Å². The van der Waals surface area contributed by atoms with Crippen molar-refractivity contribution >= 4 is 5.91 Å². The van der Waals surface area contributed by atoms with Crippen LogP contribution in [-0.2, 0) is 0 Å². The van der Waals surface area contributed by atoms with Gasteiger partial charge in [-0.2, -0.15) is 0 Å². The highest BCUT2D eigenvalue weighted by Gasteiger charge is 2.25. The van der Waals surface area contributed by atoms with Crippen molar-refractivity contribution < 1.29 is 14.3 Å². The summed E-state index contributed by atoms with van der Waals surface area (Å²) in [6.45, 7) is 9.51. The maximum Gasteiger partial charge on any atom is 0.251 e. The highest BCUT2D eigenvalue weighted by Crippen LogP contribution is 2.34. The Morgan fingerprint density at radius 1 is 1.29 bits per heavy atom. The van der Waals surface area contributed by atoms with E-state index in [1.165, 1.54) is 0 Å². The standard InChI is InChI=1S/C17H25NO3/c1-5-6-12(2)18-16(19)13-7-8-14-15(9-13)21-11-17(3,4)10-20-14/h7-9,12H,5-6,10-11H2,1-4H3,(H,18,19)/t12-/m0/s1. The molecule has 1 N–H and O–H groups in total. The van der Waals surface area contributed by atoms with Crippen molar-refractivity contribution in [2.24, 2.45) is 5.41 Å². The molecule has 1 heterocycles. The van der Waals surface area contributed by atoms with Crippen LogP contribution >= 0.6 is 0 Å². The van der Waals surface area contributed by atoms with Crippen LogP contribution in [0, 0.1) is 5.41 Å². The normalized spacial score (nSPS) is 17.7. The summed E-state index contributed by atoms with van der Waals surface area (Å²) in [5, 5.41) is 3.00. The monoisotopic (exact) mass is 291 g/mol. The highest BCUT2D eigenvalue weighted by molar-refractivity contribution is 5.95. The first-order valence-corrected chi connectivity index (χ1v) is 7.62. The summed E-state index contributed by atoms with van der Waals surface area (Å²) in [5.41, 5.74) is 0.580. The van der Waals surface area contributed by atoms with Crippen LogP contribution < -0.4 is 14.8 Å². The van der Waals surface area contributed by atoms with Gasteiger partial charge in [0.05, 0.1) is 13.2 Å². The number of hydrogen-bond donors (Lipinski definition) is 1. The van der Waals surface area contributed by atoms with E-state index in [2.05, 4.69) is 26.1 Å². The molecule has 1 aliphatic rings. The Balaban J connectivity index is 2.11. The molecule has 2 rings (SSSR count). The minimum atomic E-state index is -0.0640. The first-order valence-electron chi connectivity index (χ1n) is 7.62. The molecule has 0 fully saturated rings. The van der Waals surface area contributed by atoms with Crippen LogP contribution in [0.3, 0.4) is 0 Å². The van der Waals surface area contributed by atoms with E-state index in [-0.39, 0.29) is 17.4 Å². The number of benzene rings is 1. The van der Waals surface area contributed by atoms with Crippen LogP contribution in [0.25, 0.3) is 0 Å². The van der Waals surface area contributed by atoms with Crippen molar-refractivity contribution in [3.63, 3.8) is 0 Å². The van der Waals surface area contributed by atoms with Gasteiger partial charge in [0, 0.05) is 17.0 Å². The van der Waals surface area contributed by atoms with Gasteiger partial charge in [0.1, 0.15) is 0 Å². The van der Waals surface area contributed by atoms with Crippen LogP contribution in [0.15, 0.2) is 18.2 Å². The summed E-state index contributed by atoms with van der Waals surface area (Å²) in [7, 11) is 0. The Hall–Kier alpha value is -1.71. The minimum absolute atomic E-state index is 0.0307. The van der Waals surface area contributed by atoms with Gasteiger partial charge in [0.25, 0.3) is 5.91 Å². The molecule has 0 bridgehead atoms. The molecule has 0 saturated carbocycles. The van der Waals surface area contributed by atoms with Crippen molar-refractivity contribution in [2.75, 3.05) is 13.2 Å². The smallest absolute Gasteiger partial charge is 0.251 e. The molecule has 1 aliphatic heterocycles. The summed E-state index contributed by atoms with van der Waals surface area (Å²) in [6.07, 6.45) is 2.03. The second-order valence-corrected chi connectivity index (χ2v) is 6.57. The predicted octanol–water partition coefficient (Wildman–Crippen LogP) is 3.40. The van der Waals surface area contributed by atoms with Crippen molar-refractivity contribution in [2.45, 2.75) is 46.6 Å². The van der Waals surface area contributed by atoms with Crippen molar-refractivity contribution in [1.29, 1.82) is 0 Å². The molecule has 4 heteroatoms. The number of carbonyl (C=O) groups is 1.